The van der Waals surface area contributed by atoms with Gasteiger partial charge in [0.1, 0.15) is 5.69 Å². The summed E-state index contributed by atoms with van der Waals surface area (Å²) in [5, 5.41) is 16.8. The number of carbonyl (C=O) groups is 2. The Hall–Kier alpha value is -1.89. The SMILES string of the molecule is COC(=O)C1(O)CCN(C(=O)c2[nH]ncc2C2CC2)C1. The molecule has 20 heavy (non-hydrogen) atoms. The summed E-state index contributed by atoms with van der Waals surface area (Å²) in [6.45, 7) is 0.287. The normalized spacial score (nSPS) is 25.8. The van der Waals surface area contributed by atoms with Crippen molar-refractivity contribution in [2.75, 3.05) is 20.2 Å². The van der Waals surface area contributed by atoms with E-state index in [0.717, 1.165) is 18.4 Å². The van der Waals surface area contributed by atoms with Crippen LogP contribution in [0.25, 0.3) is 0 Å². The number of carbonyl (C=O) groups excluding carboxylic acids is 2. The van der Waals surface area contributed by atoms with Crippen molar-refractivity contribution in [1.82, 2.24) is 15.1 Å². The number of aromatic nitrogens is 2. The molecule has 1 saturated heterocycles. The van der Waals surface area contributed by atoms with E-state index in [4.69, 9.17) is 0 Å². The van der Waals surface area contributed by atoms with Crippen molar-refractivity contribution in [1.29, 1.82) is 0 Å². The van der Waals surface area contributed by atoms with Crippen LogP contribution < -0.4 is 0 Å². The van der Waals surface area contributed by atoms with E-state index in [0.29, 0.717) is 18.2 Å². The Morgan fingerprint density at radius 3 is 2.95 bits per heavy atom. The molecular formula is C13H17N3O4. The lowest BCUT2D eigenvalue weighted by Crippen LogP contribution is -2.43. The van der Waals surface area contributed by atoms with Crippen LogP contribution in [0.1, 0.15) is 41.2 Å². The molecule has 2 fully saturated rings. The van der Waals surface area contributed by atoms with Gasteiger partial charge in [-0.3, -0.25) is 9.89 Å². The topological polar surface area (TPSA) is 95.5 Å². The molecule has 0 aromatic carbocycles. The number of β-amino-alcohol motifs (C(OH)–C–C–N with tert-alkyl or cyclic N) is 1. The number of nitrogens with zero attached hydrogens (tertiary/aromatic N) is 2. The van der Waals surface area contributed by atoms with E-state index in [2.05, 4.69) is 14.9 Å². The number of rotatable bonds is 3. The van der Waals surface area contributed by atoms with Gasteiger partial charge in [0.25, 0.3) is 5.91 Å². The molecule has 2 aliphatic rings. The summed E-state index contributed by atoms with van der Waals surface area (Å²) in [5.74, 6) is -0.501. The van der Waals surface area contributed by atoms with Crippen molar-refractivity contribution in [2.24, 2.45) is 0 Å². The van der Waals surface area contributed by atoms with E-state index in [1.165, 1.54) is 12.0 Å². The fourth-order valence-electron chi connectivity index (χ4n) is 2.65. The van der Waals surface area contributed by atoms with Crippen LogP contribution in [0.2, 0.25) is 0 Å². The Kier molecular flexibility index (Phi) is 3.01. The van der Waals surface area contributed by atoms with Gasteiger partial charge in [-0.1, -0.05) is 0 Å². The zero-order valence-electron chi connectivity index (χ0n) is 11.3. The van der Waals surface area contributed by atoms with Gasteiger partial charge in [-0.05, 0) is 18.8 Å². The average molecular weight is 279 g/mol. The number of hydrogen-bond acceptors (Lipinski definition) is 5. The van der Waals surface area contributed by atoms with E-state index >= 15 is 0 Å². The maximum Gasteiger partial charge on any atom is 0.339 e. The highest BCUT2D eigenvalue weighted by atomic mass is 16.5. The Morgan fingerprint density at radius 1 is 1.55 bits per heavy atom. The van der Waals surface area contributed by atoms with Crippen molar-refractivity contribution in [3.8, 4) is 0 Å². The van der Waals surface area contributed by atoms with Crippen molar-refractivity contribution >= 4 is 11.9 Å². The minimum absolute atomic E-state index is 0.0400. The number of H-pyrrole nitrogens is 1. The summed E-state index contributed by atoms with van der Waals surface area (Å²) in [4.78, 5) is 25.5. The van der Waals surface area contributed by atoms with Gasteiger partial charge in [-0.2, -0.15) is 5.10 Å². The smallest absolute Gasteiger partial charge is 0.339 e. The van der Waals surface area contributed by atoms with Crippen LogP contribution in [0.3, 0.4) is 0 Å². The molecule has 0 spiro atoms. The molecular weight excluding hydrogens is 262 g/mol. The number of aliphatic hydroxyl groups is 1. The number of amides is 1. The molecule has 1 saturated carbocycles. The summed E-state index contributed by atoms with van der Waals surface area (Å²) in [7, 11) is 1.23. The minimum Gasteiger partial charge on any atom is -0.467 e. The zero-order chi connectivity index (χ0) is 14.3. The largest absolute Gasteiger partial charge is 0.467 e. The molecule has 1 atom stereocenters. The lowest BCUT2D eigenvalue weighted by molar-refractivity contribution is -0.160. The number of aromatic amines is 1. The predicted molar refractivity (Wildman–Crippen MR) is 68.0 cm³/mol. The number of nitrogens with one attached hydrogen (secondary N) is 1. The lowest BCUT2D eigenvalue weighted by atomic mass is 10.0. The van der Waals surface area contributed by atoms with Crippen LogP contribution >= 0.6 is 0 Å². The van der Waals surface area contributed by atoms with Crippen LogP contribution in [-0.4, -0.2) is 57.9 Å². The molecule has 2 N–H and O–H groups in total. The molecule has 1 amide bonds. The number of esters is 1. The molecule has 7 heteroatoms. The molecule has 2 heterocycles. The van der Waals surface area contributed by atoms with Gasteiger partial charge in [0, 0.05) is 18.5 Å². The van der Waals surface area contributed by atoms with Crippen LogP contribution in [-0.2, 0) is 9.53 Å². The molecule has 1 aliphatic heterocycles. The van der Waals surface area contributed by atoms with Crippen molar-refractivity contribution in [3.05, 3.63) is 17.5 Å². The van der Waals surface area contributed by atoms with Crippen LogP contribution in [0.4, 0.5) is 0 Å². The summed E-state index contributed by atoms with van der Waals surface area (Å²) < 4.78 is 4.58. The molecule has 108 valence electrons. The van der Waals surface area contributed by atoms with Gasteiger partial charge in [-0.25, -0.2) is 4.79 Å². The van der Waals surface area contributed by atoms with E-state index in [1.54, 1.807) is 6.20 Å². The number of hydrogen-bond donors (Lipinski definition) is 2. The third kappa shape index (κ3) is 2.07. The van der Waals surface area contributed by atoms with E-state index in [9.17, 15) is 14.7 Å². The van der Waals surface area contributed by atoms with E-state index < -0.39 is 11.6 Å². The molecule has 0 radical (unpaired) electrons. The van der Waals surface area contributed by atoms with Crippen LogP contribution in [0.5, 0.6) is 0 Å². The molecule has 1 aromatic rings. The van der Waals surface area contributed by atoms with Crippen LogP contribution in [0.15, 0.2) is 6.20 Å². The van der Waals surface area contributed by atoms with E-state index in [-0.39, 0.29) is 18.9 Å². The number of methoxy groups -OCH3 is 1. The fraction of sp³-hybridized carbons (Fsp3) is 0.615. The third-order valence-corrected chi connectivity index (χ3v) is 4.00. The fourth-order valence-corrected chi connectivity index (χ4v) is 2.65. The maximum atomic E-state index is 12.5. The van der Waals surface area contributed by atoms with Gasteiger partial charge in [0.2, 0.25) is 0 Å². The predicted octanol–water partition coefficient (Wildman–Crippen LogP) is 0.0371. The lowest BCUT2D eigenvalue weighted by Gasteiger charge is -2.20. The second kappa shape index (κ2) is 4.59. The number of ether oxygens (including phenoxy) is 1. The van der Waals surface area contributed by atoms with Crippen LogP contribution in [0, 0.1) is 0 Å². The quantitative estimate of drug-likeness (QED) is 0.761. The highest BCUT2D eigenvalue weighted by Gasteiger charge is 2.46. The van der Waals surface area contributed by atoms with Gasteiger partial charge >= 0.3 is 5.97 Å². The first-order valence-electron chi connectivity index (χ1n) is 6.68. The Bertz CT molecular complexity index is 552. The standard InChI is InChI=1S/C13H17N3O4/c1-20-12(18)13(19)4-5-16(7-13)11(17)10-9(6-14-15-10)8-2-3-8/h6,8,19H,2-5,7H2,1H3,(H,14,15). The Morgan fingerprint density at radius 2 is 2.30 bits per heavy atom. The van der Waals surface area contributed by atoms with Crippen molar-refractivity contribution in [3.63, 3.8) is 0 Å². The molecule has 1 aliphatic carbocycles. The van der Waals surface area contributed by atoms with Gasteiger partial charge in [0.15, 0.2) is 5.60 Å². The molecule has 3 rings (SSSR count). The van der Waals surface area contributed by atoms with Gasteiger partial charge in [0.05, 0.1) is 19.9 Å². The highest BCUT2D eigenvalue weighted by Crippen LogP contribution is 2.41. The zero-order valence-corrected chi connectivity index (χ0v) is 11.3. The van der Waals surface area contributed by atoms with Crippen molar-refractivity contribution < 1.29 is 19.4 Å². The Balaban J connectivity index is 1.76. The van der Waals surface area contributed by atoms with Gasteiger partial charge in [-0.15, -0.1) is 0 Å². The second-order valence-electron chi connectivity index (χ2n) is 5.47. The van der Waals surface area contributed by atoms with Crippen molar-refractivity contribution in [2.45, 2.75) is 30.8 Å². The van der Waals surface area contributed by atoms with Gasteiger partial charge < -0.3 is 14.7 Å². The summed E-state index contributed by atoms with van der Waals surface area (Å²) in [6, 6.07) is 0. The first-order valence-corrected chi connectivity index (χ1v) is 6.68. The minimum atomic E-state index is -1.59. The summed E-state index contributed by atoms with van der Waals surface area (Å²) in [5.41, 5.74) is -0.186. The third-order valence-electron chi connectivity index (χ3n) is 4.00. The summed E-state index contributed by atoms with van der Waals surface area (Å²) in [6.07, 6.45) is 4.03. The van der Waals surface area contributed by atoms with E-state index in [1.807, 2.05) is 0 Å². The molecule has 1 aromatic heterocycles. The summed E-state index contributed by atoms with van der Waals surface area (Å²) >= 11 is 0. The maximum absolute atomic E-state index is 12.5. The first-order chi connectivity index (χ1) is 9.55. The average Bonchev–Trinajstić information content (AvgIpc) is 3.03. The monoisotopic (exact) mass is 279 g/mol. The second-order valence-corrected chi connectivity index (χ2v) is 5.47. The Labute approximate surface area is 115 Å². The molecule has 1 unspecified atom stereocenters. The molecule has 7 nitrogen and oxygen atoms in total. The number of likely N-dealkylation sites (tertiary alicyclic amines) is 1. The molecule has 0 bridgehead atoms. The first kappa shape index (κ1) is 13.1. The highest BCUT2D eigenvalue weighted by molar-refractivity contribution is 5.95.